The number of carbonyl (C=O) groups excluding carboxylic acids is 1. The molecule has 0 spiro atoms. The lowest BCUT2D eigenvalue weighted by Gasteiger charge is -2.13. The first kappa shape index (κ1) is 13.4. The molecule has 1 aliphatic heterocycles. The molecular weight excluding hydrogens is 246 g/mol. The molecule has 0 aliphatic carbocycles. The second-order valence-electron chi connectivity index (χ2n) is 4.93. The zero-order valence-corrected chi connectivity index (χ0v) is 11.6. The topological polar surface area (TPSA) is 29.1 Å². The fourth-order valence-corrected chi connectivity index (χ4v) is 2.63. The Balaban J connectivity index is 2.16. The lowest BCUT2D eigenvalue weighted by molar-refractivity contribution is -0.116. The Hall–Kier alpha value is -1.02. The molecule has 2 rings (SSSR count). The maximum atomic E-state index is 11.5. The zero-order chi connectivity index (χ0) is 13.0. The van der Waals surface area contributed by atoms with Crippen LogP contribution in [-0.2, 0) is 11.2 Å². The van der Waals surface area contributed by atoms with Crippen molar-refractivity contribution in [2.45, 2.75) is 50.8 Å². The summed E-state index contributed by atoms with van der Waals surface area (Å²) >= 11 is 6.41. The number of fused-ring (bicyclic) bond motifs is 1. The average Bonchev–Trinajstić information content (AvgIpc) is 2.55. The Labute approximate surface area is 114 Å². The van der Waals surface area contributed by atoms with Crippen molar-refractivity contribution in [1.82, 2.24) is 0 Å². The summed E-state index contributed by atoms with van der Waals surface area (Å²) in [4.78, 5) is 11.5. The number of carbonyl (C=O) groups is 1. The number of hydrogen-bond acceptors (Lipinski definition) is 1. The zero-order valence-electron chi connectivity index (χ0n) is 10.8. The number of benzene rings is 1. The van der Waals surface area contributed by atoms with E-state index >= 15 is 0 Å². The Morgan fingerprint density at radius 2 is 2.22 bits per heavy atom. The SMILES string of the molecule is CCCCC(Cl)c1ccc2c(c1)CCCC(=O)N2. The first-order valence-corrected chi connectivity index (χ1v) is 7.21. The van der Waals surface area contributed by atoms with Crippen LogP contribution >= 0.6 is 11.6 Å². The predicted octanol–water partition coefficient (Wildman–Crippen LogP) is 4.43. The normalized spacial score (nSPS) is 16.7. The number of amides is 1. The van der Waals surface area contributed by atoms with Gasteiger partial charge in [0.15, 0.2) is 0 Å². The number of aryl methyl sites for hydroxylation is 1. The standard InChI is InChI=1S/C15H20ClNO/c1-2-3-6-13(16)11-8-9-14-12(10-11)5-4-7-15(18)17-14/h8-10,13H,2-7H2,1H3,(H,17,18). The minimum absolute atomic E-state index is 0.0919. The second kappa shape index (κ2) is 6.24. The summed E-state index contributed by atoms with van der Waals surface area (Å²) in [7, 11) is 0. The van der Waals surface area contributed by atoms with Crippen molar-refractivity contribution in [3.8, 4) is 0 Å². The molecule has 0 aromatic heterocycles. The van der Waals surface area contributed by atoms with E-state index in [2.05, 4.69) is 18.3 Å². The van der Waals surface area contributed by atoms with Crippen molar-refractivity contribution >= 4 is 23.2 Å². The quantitative estimate of drug-likeness (QED) is 0.802. The van der Waals surface area contributed by atoms with Gasteiger partial charge in [-0.1, -0.05) is 31.9 Å². The first-order chi connectivity index (χ1) is 8.70. The van der Waals surface area contributed by atoms with E-state index in [0.29, 0.717) is 6.42 Å². The van der Waals surface area contributed by atoms with Crippen LogP contribution in [0.15, 0.2) is 18.2 Å². The molecule has 1 aliphatic rings. The predicted molar refractivity (Wildman–Crippen MR) is 76.1 cm³/mol. The molecule has 0 saturated carbocycles. The molecule has 1 aromatic carbocycles. The molecule has 1 N–H and O–H groups in total. The number of anilines is 1. The highest BCUT2D eigenvalue weighted by atomic mass is 35.5. The van der Waals surface area contributed by atoms with Gasteiger partial charge in [-0.15, -0.1) is 11.6 Å². The van der Waals surface area contributed by atoms with Gasteiger partial charge >= 0.3 is 0 Å². The highest BCUT2D eigenvalue weighted by molar-refractivity contribution is 6.20. The fraction of sp³-hybridized carbons (Fsp3) is 0.533. The third-order valence-electron chi connectivity index (χ3n) is 3.43. The molecule has 1 aromatic rings. The number of nitrogens with one attached hydrogen (secondary N) is 1. The van der Waals surface area contributed by atoms with E-state index in [0.717, 1.165) is 31.4 Å². The Kier molecular flexibility index (Phi) is 4.65. The summed E-state index contributed by atoms with van der Waals surface area (Å²) in [5, 5.41) is 3.04. The third kappa shape index (κ3) is 3.26. The van der Waals surface area contributed by atoms with Gasteiger partial charge in [0.05, 0.1) is 5.38 Å². The van der Waals surface area contributed by atoms with Crippen LogP contribution in [-0.4, -0.2) is 5.91 Å². The molecule has 3 heteroatoms. The van der Waals surface area contributed by atoms with Gasteiger partial charge in [-0.25, -0.2) is 0 Å². The summed E-state index contributed by atoms with van der Waals surface area (Å²) in [5.41, 5.74) is 3.36. The lowest BCUT2D eigenvalue weighted by atomic mass is 10.0. The molecule has 0 radical (unpaired) electrons. The third-order valence-corrected chi connectivity index (χ3v) is 3.90. The molecule has 0 saturated heterocycles. The number of halogens is 1. The van der Waals surface area contributed by atoms with Gasteiger partial charge in [0.2, 0.25) is 5.91 Å². The summed E-state index contributed by atoms with van der Waals surface area (Å²) in [5.74, 6) is 0.120. The van der Waals surface area contributed by atoms with Crippen molar-refractivity contribution in [2.75, 3.05) is 5.32 Å². The van der Waals surface area contributed by atoms with Crippen molar-refractivity contribution in [2.24, 2.45) is 0 Å². The molecule has 1 amide bonds. The number of alkyl halides is 1. The van der Waals surface area contributed by atoms with E-state index in [-0.39, 0.29) is 11.3 Å². The van der Waals surface area contributed by atoms with Crippen LogP contribution < -0.4 is 5.32 Å². The molecule has 2 nitrogen and oxygen atoms in total. The fourth-order valence-electron chi connectivity index (χ4n) is 2.34. The molecule has 0 fully saturated rings. The van der Waals surface area contributed by atoms with Crippen molar-refractivity contribution in [1.29, 1.82) is 0 Å². The minimum Gasteiger partial charge on any atom is -0.326 e. The maximum Gasteiger partial charge on any atom is 0.224 e. The summed E-state index contributed by atoms with van der Waals surface area (Å²) in [6.45, 7) is 2.18. The highest BCUT2D eigenvalue weighted by Crippen LogP contribution is 2.31. The van der Waals surface area contributed by atoms with Crippen LogP contribution in [0, 0.1) is 0 Å². The molecule has 98 valence electrons. The van der Waals surface area contributed by atoms with E-state index in [1.54, 1.807) is 0 Å². The van der Waals surface area contributed by atoms with E-state index in [4.69, 9.17) is 11.6 Å². The number of rotatable bonds is 4. The minimum atomic E-state index is 0.0919. The Morgan fingerprint density at radius 1 is 1.39 bits per heavy atom. The highest BCUT2D eigenvalue weighted by Gasteiger charge is 2.15. The molecule has 1 atom stereocenters. The van der Waals surface area contributed by atoms with Crippen LogP contribution in [0.2, 0.25) is 0 Å². The lowest BCUT2D eigenvalue weighted by Crippen LogP contribution is -2.09. The van der Waals surface area contributed by atoms with Gasteiger partial charge in [0.1, 0.15) is 0 Å². The van der Waals surface area contributed by atoms with Gasteiger partial charge in [0, 0.05) is 12.1 Å². The van der Waals surface area contributed by atoms with Crippen LogP contribution in [0.3, 0.4) is 0 Å². The van der Waals surface area contributed by atoms with E-state index < -0.39 is 0 Å². The van der Waals surface area contributed by atoms with Crippen molar-refractivity contribution in [3.05, 3.63) is 29.3 Å². The van der Waals surface area contributed by atoms with Crippen molar-refractivity contribution in [3.63, 3.8) is 0 Å². The molecule has 1 unspecified atom stereocenters. The van der Waals surface area contributed by atoms with E-state index in [1.807, 2.05) is 12.1 Å². The smallest absolute Gasteiger partial charge is 0.224 e. The molecular formula is C15H20ClNO. The van der Waals surface area contributed by atoms with Gasteiger partial charge in [0.25, 0.3) is 0 Å². The van der Waals surface area contributed by atoms with Gasteiger partial charge < -0.3 is 5.32 Å². The second-order valence-corrected chi connectivity index (χ2v) is 5.45. The monoisotopic (exact) mass is 265 g/mol. The Morgan fingerprint density at radius 3 is 3.00 bits per heavy atom. The number of hydrogen-bond donors (Lipinski definition) is 1. The average molecular weight is 266 g/mol. The van der Waals surface area contributed by atoms with Crippen LogP contribution in [0.4, 0.5) is 5.69 Å². The van der Waals surface area contributed by atoms with Gasteiger partial charge in [-0.05, 0) is 36.5 Å². The van der Waals surface area contributed by atoms with Crippen LogP contribution in [0.5, 0.6) is 0 Å². The van der Waals surface area contributed by atoms with E-state index in [9.17, 15) is 4.79 Å². The first-order valence-electron chi connectivity index (χ1n) is 6.77. The van der Waals surface area contributed by atoms with Gasteiger partial charge in [-0.2, -0.15) is 0 Å². The maximum absolute atomic E-state index is 11.5. The van der Waals surface area contributed by atoms with Crippen LogP contribution in [0.1, 0.15) is 55.5 Å². The van der Waals surface area contributed by atoms with Crippen molar-refractivity contribution < 1.29 is 4.79 Å². The summed E-state index contributed by atoms with van der Waals surface area (Å²) in [6.07, 6.45) is 5.84. The summed E-state index contributed by atoms with van der Waals surface area (Å²) in [6, 6.07) is 6.20. The molecule has 1 heterocycles. The number of unbranched alkanes of at least 4 members (excludes halogenated alkanes) is 1. The molecule has 18 heavy (non-hydrogen) atoms. The Bertz CT molecular complexity index is 431. The van der Waals surface area contributed by atoms with Crippen LogP contribution in [0.25, 0.3) is 0 Å². The van der Waals surface area contributed by atoms with Gasteiger partial charge in [-0.3, -0.25) is 4.79 Å². The summed E-state index contributed by atoms with van der Waals surface area (Å²) < 4.78 is 0. The molecule has 0 bridgehead atoms. The van der Waals surface area contributed by atoms with E-state index in [1.165, 1.54) is 17.5 Å². The largest absolute Gasteiger partial charge is 0.326 e.